The van der Waals surface area contributed by atoms with Crippen molar-refractivity contribution in [2.75, 3.05) is 12.5 Å². The predicted octanol–water partition coefficient (Wildman–Crippen LogP) is -0.173. The van der Waals surface area contributed by atoms with Crippen LogP contribution in [0.25, 0.3) is 0 Å². The Labute approximate surface area is 105 Å². The van der Waals surface area contributed by atoms with Crippen molar-refractivity contribution in [2.45, 2.75) is 56.4 Å². The summed E-state index contributed by atoms with van der Waals surface area (Å²) in [7, 11) is -0.595. The third-order valence-electron chi connectivity index (χ3n) is 2.52. The Hall–Kier alpha value is 0.150. The van der Waals surface area contributed by atoms with Gasteiger partial charge in [-0.3, -0.25) is 0 Å². The van der Waals surface area contributed by atoms with Gasteiger partial charge < -0.3 is 24.8 Å². The fourth-order valence-corrected chi connectivity index (χ4v) is 2.85. The second-order valence-electron chi connectivity index (χ2n) is 5.56. The monoisotopic (exact) mass is 268 g/mol. The summed E-state index contributed by atoms with van der Waals surface area (Å²) in [5.74, 6) is 0. The van der Waals surface area contributed by atoms with Crippen molar-refractivity contribution in [2.24, 2.45) is 0 Å². The average molecular weight is 268 g/mol. The zero-order chi connectivity index (χ0) is 13.4. The average Bonchev–Trinajstić information content (AvgIpc) is 2.16. The molecule has 0 amide bonds. The maximum atomic E-state index is 9.82. The molecule has 6 heteroatoms. The molecule has 1 saturated heterocycles. The first-order valence-electron chi connectivity index (χ1n) is 5.67. The van der Waals surface area contributed by atoms with Crippen molar-refractivity contribution in [1.82, 2.24) is 0 Å². The Balaban J connectivity index is 2.78. The molecule has 0 aromatic rings. The van der Waals surface area contributed by atoms with Crippen LogP contribution in [0.2, 0.25) is 0 Å². The minimum absolute atomic E-state index is 0.476. The van der Waals surface area contributed by atoms with Gasteiger partial charge in [0.15, 0.2) is 6.29 Å². The molecule has 1 fully saturated rings. The van der Waals surface area contributed by atoms with Crippen LogP contribution in [0.5, 0.6) is 0 Å². The fourth-order valence-electron chi connectivity index (χ4n) is 1.70. The normalized spacial score (nSPS) is 40.2. The Bertz CT molecular complexity index is 253. The lowest BCUT2D eigenvalue weighted by Crippen LogP contribution is -2.59. The predicted molar refractivity (Wildman–Crippen MR) is 68.4 cm³/mol. The number of ether oxygens (including phenoxy) is 2. The lowest BCUT2D eigenvalue weighted by molar-refractivity contribution is -0.301. The molecule has 1 aliphatic heterocycles. The highest BCUT2D eigenvalue weighted by Crippen LogP contribution is 2.35. The second kappa shape index (κ2) is 5.42. The molecular formula is C11H24O5S. The van der Waals surface area contributed by atoms with Gasteiger partial charge in [0.2, 0.25) is 0 Å². The van der Waals surface area contributed by atoms with Crippen LogP contribution in [-0.2, 0) is 9.47 Å². The topological polar surface area (TPSA) is 79.2 Å². The molecule has 0 aromatic heterocycles. The summed E-state index contributed by atoms with van der Waals surface area (Å²) in [6.07, 6.45) is -0.528. The first-order chi connectivity index (χ1) is 7.63. The van der Waals surface area contributed by atoms with E-state index in [1.165, 1.54) is 0 Å². The van der Waals surface area contributed by atoms with Crippen LogP contribution in [0.3, 0.4) is 0 Å². The Morgan fingerprint density at radius 1 is 1.00 bits per heavy atom. The number of hydrogen-bond acceptors (Lipinski definition) is 5. The van der Waals surface area contributed by atoms with Gasteiger partial charge in [-0.15, -0.1) is 0 Å². The Morgan fingerprint density at radius 2 is 1.53 bits per heavy atom. The van der Waals surface area contributed by atoms with Crippen LogP contribution in [-0.4, -0.2) is 63.5 Å². The van der Waals surface area contributed by atoms with Crippen LogP contribution in [0.15, 0.2) is 0 Å². The van der Waals surface area contributed by atoms with Crippen LogP contribution in [0.1, 0.15) is 20.8 Å². The van der Waals surface area contributed by atoms with Crippen molar-refractivity contribution in [1.29, 1.82) is 0 Å². The van der Waals surface area contributed by atoms with E-state index in [0.29, 0.717) is 0 Å². The summed E-state index contributed by atoms with van der Waals surface area (Å²) in [5, 5.41) is 29.4. The number of rotatable bonds is 2. The first kappa shape index (κ1) is 15.2. The Morgan fingerprint density at radius 3 is 1.94 bits per heavy atom. The number of hydrogen-bond donors (Lipinski definition) is 4. The van der Waals surface area contributed by atoms with E-state index in [-0.39, 0.29) is 0 Å². The number of aliphatic hydroxyl groups excluding tert-OH is 3. The molecule has 1 aliphatic rings. The van der Waals surface area contributed by atoms with Crippen molar-refractivity contribution in [3.8, 4) is 0 Å². The van der Waals surface area contributed by atoms with Crippen molar-refractivity contribution < 1.29 is 24.8 Å². The Kier molecular flexibility index (Phi) is 4.85. The molecular weight excluding hydrogens is 244 g/mol. The highest BCUT2D eigenvalue weighted by atomic mass is 32.2. The highest BCUT2D eigenvalue weighted by molar-refractivity contribution is 8.16. The standard InChI is InChI=1S/C11H24O5S/c1-11(2,3)16-9-7(13)6(12)8(14)10(15-9)17(4)5/h6-10,12-14,17H,1-5H3/t6?,7?,8-,9+,10?/m0/s1. The molecule has 3 unspecified atom stereocenters. The molecule has 0 aliphatic carbocycles. The van der Waals surface area contributed by atoms with E-state index >= 15 is 0 Å². The van der Waals surface area contributed by atoms with E-state index in [1.54, 1.807) is 0 Å². The summed E-state index contributed by atoms with van der Waals surface area (Å²) < 4.78 is 11.1. The van der Waals surface area contributed by atoms with E-state index in [1.807, 2.05) is 33.3 Å². The SMILES string of the molecule is C[SH](C)C1O[C@H](OC(C)(C)C)C(O)C(O)[C@@H]1O. The lowest BCUT2D eigenvalue weighted by atomic mass is 10.0. The molecule has 0 aromatic carbocycles. The van der Waals surface area contributed by atoms with Crippen LogP contribution >= 0.6 is 10.9 Å². The molecule has 17 heavy (non-hydrogen) atoms. The van der Waals surface area contributed by atoms with Gasteiger partial charge in [0.25, 0.3) is 0 Å². The van der Waals surface area contributed by atoms with Gasteiger partial charge in [-0.2, -0.15) is 0 Å². The molecule has 5 nitrogen and oxygen atoms in total. The molecule has 0 bridgehead atoms. The molecule has 0 spiro atoms. The first-order valence-corrected chi connectivity index (χ1v) is 7.98. The smallest absolute Gasteiger partial charge is 0.188 e. The van der Waals surface area contributed by atoms with E-state index in [9.17, 15) is 15.3 Å². The van der Waals surface area contributed by atoms with E-state index in [2.05, 4.69) is 0 Å². The van der Waals surface area contributed by atoms with E-state index in [0.717, 1.165) is 0 Å². The maximum Gasteiger partial charge on any atom is 0.188 e. The third kappa shape index (κ3) is 3.81. The molecule has 1 heterocycles. The van der Waals surface area contributed by atoms with Crippen LogP contribution in [0, 0.1) is 0 Å². The molecule has 0 radical (unpaired) electrons. The van der Waals surface area contributed by atoms with Gasteiger partial charge >= 0.3 is 0 Å². The molecule has 0 saturated carbocycles. The summed E-state index contributed by atoms with van der Waals surface area (Å²) >= 11 is 0. The third-order valence-corrected chi connectivity index (χ3v) is 3.97. The van der Waals surface area contributed by atoms with E-state index < -0.39 is 46.5 Å². The van der Waals surface area contributed by atoms with Gasteiger partial charge in [0, 0.05) is 0 Å². The molecule has 5 atom stereocenters. The summed E-state index contributed by atoms with van der Waals surface area (Å²) in [6, 6.07) is 0. The minimum Gasteiger partial charge on any atom is -0.387 e. The summed E-state index contributed by atoms with van der Waals surface area (Å²) in [5.41, 5.74) is -0.960. The second-order valence-corrected chi connectivity index (χ2v) is 8.00. The maximum absolute atomic E-state index is 9.82. The van der Waals surface area contributed by atoms with Gasteiger partial charge in [0.1, 0.15) is 23.7 Å². The molecule has 104 valence electrons. The zero-order valence-corrected chi connectivity index (χ0v) is 11.9. The van der Waals surface area contributed by atoms with Gasteiger partial charge in [-0.1, -0.05) is 0 Å². The van der Waals surface area contributed by atoms with Gasteiger partial charge in [-0.05, 0) is 33.3 Å². The fraction of sp³-hybridized carbons (Fsp3) is 1.00. The minimum atomic E-state index is -1.23. The molecule has 3 N–H and O–H groups in total. The highest BCUT2D eigenvalue weighted by Gasteiger charge is 2.45. The summed E-state index contributed by atoms with van der Waals surface area (Å²) in [6.45, 7) is 5.53. The van der Waals surface area contributed by atoms with Gasteiger partial charge in [0.05, 0.1) is 5.60 Å². The quantitative estimate of drug-likeness (QED) is 0.523. The van der Waals surface area contributed by atoms with Crippen molar-refractivity contribution in [3.63, 3.8) is 0 Å². The van der Waals surface area contributed by atoms with Crippen molar-refractivity contribution >= 4 is 10.9 Å². The van der Waals surface area contributed by atoms with Gasteiger partial charge in [-0.25, -0.2) is 10.9 Å². The zero-order valence-electron chi connectivity index (χ0n) is 11.0. The van der Waals surface area contributed by atoms with Crippen LogP contribution < -0.4 is 0 Å². The van der Waals surface area contributed by atoms with Crippen molar-refractivity contribution in [3.05, 3.63) is 0 Å². The summed E-state index contributed by atoms with van der Waals surface area (Å²) in [4.78, 5) is 0. The van der Waals surface area contributed by atoms with E-state index in [4.69, 9.17) is 9.47 Å². The van der Waals surface area contributed by atoms with Crippen LogP contribution in [0.4, 0.5) is 0 Å². The number of thiol groups is 1. The number of aliphatic hydroxyl groups is 3. The molecule has 1 rings (SSSR count). The largest absolute Gasteiger partial charge is 0.387 e. The lowest BCUT2D eigenvalue weighted by Gasteiger charge is -2.44.